The molecule has 0 aromatic heterocycles. The van der Waals surface area contributed by atoms with Crippen LogP contribution in [0.25, 0.3) is 0 Å². The highest BCUT2D eigenvalue weighted by molar-refractivity contribution is 7.99. The standard InChI is InChI=1S/C21H24Cl2O2S/c1-3-5-6-16-15-19(11-12-20(16)25-14-13-21(22)23)26-18-9-7-17(8-10-18)24-4-2/h7-13,15H,3-6,14H2,1-2H3. The lowest BCUT2D eigenvalue weighted by Crippen LogP contribution is -1.98. The number of halogens is 2. The molecule has 0 radical (unpaired) electrons. The van der Waals surface area contributed by atoms with Gasteiger partial charge in [0.05, 0.1) is 6.61 Å². The van der Waals surface area contributed by atoms with Gasteiger partial charge >= 0.3 is 0 Å². The van der Waals surface area contributed by atoms with E-state index in [0.717, 1.165) is 30.8 Å². The van der Waals surface area contributed by atoms with Gasteiger partial charge in [0.25, 0.3) is 0 Å². The lowest BCUT2D eigenvalue weighted by atomic mass is 10.1. The van der Waals surface area contributed by atoms with Crippen LogP contribution in [0.15, 0.2) is 62.8 Å². The predicted molar refractivity (Wildman–Crippen MR) is 112 cm³/mol. The normalized spacial score (nSPS) is 10.5. The third-order valence-electron chi connectivity index (χ3n) is 3.68. The lowest BCUT2D eigenvalue weighted by Gasteiger charge is -2.12. The van der Waals surface area contributed by atoms with E-state index in [1.807, 2.05) is 25.1 Å². The SMILES string of the molecule is CCCCc1cc(Sc2ccc(OCC)cc2)ccc1OCC=C(Cl)Cl. The van der Waals surface area contributed by atoms with E-state index in [1.54, 1.807) is 17.8 Å². The Morgan fingerprint density at radius 3 is 2.38 bits per heavy atom. The molecular weight excluding hydrogens is 387 g/mol. The Bertz CT molecular complexity index is 710. The Balaban J connectivity index is 2.11. The molecule has 0 fully saturated rings. The van der Waals surface area contributed by atoms with Crippen LogP contribution in [0.2, 0.25) is 0 Å². The quantitative estimate of drug-likeness (QED) is 0.409. The summed E-state index contributed by atoms with van der Waals surface area (Å²) >= 11 is 13.0. The summed E-state index contributed by atoms with van der Waals surface area (Å²) in [4.78, 5) is 2.37. The minimum atomic E-state index is 0.225. The van der Waals surface area contributed by atoms with Crippen LogP contribution in [0.1, 0.15) is 32.3 Å². The van der Waals surface area contributed by atoms with Crippen molar-refractivity contribution < 1.29 is 9.47 Å². The van der Waals surface area contributed by atoms with E-state index in [-0.39, 0.29) is 4.49 Å². The average Bonchev–Trinajstić information content (AvgIpc) is 2.63. The zero-order valence-corrected chi connectivity index (χ0v) is 17.5. The molecule has 26 heavy (non-hydrogen) atoms. The third kappa shape index (κ3) is 7.14. The van der Waals surface area contributed by atoms with E-state index in [4.69, 9.17) is 32.7 Å². The van der Waals surface area contributed by atoms with Gasteiger partial charge < -0.3 is 9.47 Å². The Hall–Kier alpha value is -1.29. The summed E-state index contributed by atoms with van der Waals surface area (Å²) in [5, 5.41) is 0. The number of ether oxygens (including phenoxy) is 2. The van der Waals surface area contributed by atoms with Gasteiger partial charge in [-0.1, -0.05) is 48.3 Å². The van der Waals surface area contributed by atoms with Gasteiger partial charge in [-0.25, -0.2) is 0 Å². The summed E-state index contributed by atoms with van der Waals surface area (Å²) in [5.74, 6) is 1.79. The highest BCUT2D eigenvalue weighted by Gasteiger charge is 2.07. The topological polar surface area (TPSA) is 18.5 Å². The Kier molecular flexibility index (Phi) is 9.24. The summed E-state index contributed by atoms with van der Waals surface area (Å²) in [7, 11) is 0. The molecule has 0 amide bonds. The minimum Gasteiger partial charge on any atom is -0.494 e. The average molecular weight is 411 g/mol. The van der Waals surface area contributed by atoms with Crippen LogP contribution in [-0.4, -0.2) is 13.2 Å². The van der Waals surface area contributed by atoms with Crippen molar-refractivity contribution in [3.8, 4) is 11.5 Å². The maximum atomic E-state index is 5.82. The molecule has 0 aliphatic heterocycles. The molecule has 0 N–H and O–H groups in total. The summed E-state index contributed by atoms with van der Waals surface area (Å²) in [6.07, 6.45) is 4.90. The Labute approximate surface area is 170 Å². The summed E-state index contributed by atoms with van der Waals surface area (Å²) in [6, 6.07) is 14.5. The Morgan fingerprint density at radius 1 is 1.00 bits per heavy atom. The van der Waals surface area contributed by atoms with Gasteiger partial charge in [0.2, 0.25) is 0 Å². The van der Waals surface area contributed by atoms with Crippen LogP contribution in [0, 0.1) is 0 Å². The van der Waals surface area contributed by atoms with Crippen LogP contribution in [0.3, 0.4) is 0 Å². The molecule has 2 aromatic rings. The molecule has 0 aliphatic carbocycles. The first-order valence-electron chi connectivity index (χ1n) is 8.80. The molecule has 2 nitrogen and oxygen atoms in total. The molecule has 0 unspecified atom stereocenters. The molecule has 2 aromatic carbocycles. The van der Waals surface area contributed by atoms with Gasteiger partial charge in [0.15, 0.2) is 0 Å². The lowest BCUT2D eigenvalue weighted by molar-refractivity contribution is 0.340. The van der Waals surface area contributed by atoms with Crippen molar-refractivity contribution in [2.45, 2.75) is 42.9 Å². The van der Waals surface area contributed by atoms with E-state index in [9.17, 15) is 0 Å². The summed E-state index contributed by atoms with van der Waals surface area (Å²) in [5.41, 5.74) is 1.21. The van der Waals surface area contributed by atoms with E-state index in [0.29, 0.717) is 13.2 Å². The van der Waals surface area contributed by atoms with Gasteiger partial charge in [-0.2, -0.15) is 0 Å². The molecule has 0 heterocycles. The van der Waals surface area contributed by atoms with E-state index in [2.05, 4.69) is 31.2 Å². The highest BCUT2D eigenvalue weighted by atomic mass is 35.5. The molecule has 140 valence electrons. The molecule has 0 bridgehead atoms. The van der Waals surface area contributed by atoms with E-state index < -0.39 is 0 Å². The first-order chi connectivity index (χ1) is 12.6. The van der Waals surface area contributed by atoms with Crippen molar-refractivity contribution in [2.75, 3.05) is 13.2 Å². The summed E-state index contributed by atoms with van der Waals surface area (Å²) < 4.78 is 11.5. The first-order valence-corrected chi connectivity index (χ1v) is 10.4. The molecule has 0 saturated carbocycles. The first kappa shape index (κ1) is 21.0. The number of hydrogen-bond donors (Lipinski definition) is 0. The van der Waals surface area contributed by atoms with Crippen molar-refractivity contribution >= 4 is 35.0 Å². The molecule has 5 heteroatoms. The monoisotopic (exact) mass is 410 g/mol. The van der Waals surface area contributed by atoms with Gasteiger partial charge in [-0.15, -0.1) is 0 Å². The van der Waals surface area contributed by atoms with Crippen LogP contribution in [0.5, 0.6) is 11.5 Å². The van der Waals surface area contributed by atoms with Crippen molar-refractivity contribution in [2.24, 2.45) is 0 Å². The van der Waals surface area contributed by atoms with Crippen LogP contribution in [0.4, 0.5) is 0 Å². The van der Waals surface area contributed by atoms with Crippen LogP contribution < -0.4 is 9.47 Å². The number of benzene rings is 2. The van der Waals surface area contributed by atoms with Crippen LogP contribution in [-0.2, 0) is 6.42 Å². The molecule has 0 saturated heterocycles. The summed E-state index contributed by atoms with van der Waals surface area (Å²) in [6.45, 7) is 5.22. The number of rotatable bonds is 10. The number of hydrogen-bond acceptors (Lipinski definition) is 3. The fourth-order valence-electron chi connectivity index (χ4n) is 2.42. The van der Waals surface area contributed by atoms with Crippen molar-refractivity contribution in [1.82, 2.24) is 0 Å². The second-order valence-electron chi connectivity index (χ2n) is 5.68. The molecule has 2 rings (SSSR count). The second kappa shape index (κ2) is 11.4. The van der Waals surface area contributed by atoms with Crippen molar-refractivity contribution in [1.29, 1.82) is 0 Å². The van der Waals surface area contributed by atoms with Gasteiger partial charge in [-0.3, -0.25) is 0 Å². The zero-order chi connectivity index (χ0) is 18.8. The number of unbranched alkanes of at least 4 members (excludes halogenated alkanes) is 1. The van der Waals surface area contributed by atoms with E-state index >= 15 is 0 Å². The van der Waals surface area contributed by atoms with Crippen LogP contribution >= 0.6 is 35.0 Å². The maximum absolute atomic E-state index is 5.82. The second-order valence-corrected chi connectivity index (χ2v) is 7.84. The van der Waals surface area contributed by atoms with Gasteiger partial charge in [0.1, 0.15) is 22.6 Å². The van der Waals surface area contributed by atoms with E-state index in [1.165, 1.54) is 15.4 Å². The zero-order valence-electron chi connectivity index (χ0n) is 15.1. The van der Waals surface area contributed by atoms with Crippen molar-refractivity contribution in [3.63, 3.8) is 0 Å². The van der Waals surface area contributed by atoms with Gasteiger partial charge in [0, 0.05) is 9.79 Å². The van der Waals surface area contributed by atoms with Crippen molar-refractivity contribution in [3.05, 3.63) is 58.6 Å². The molecular formula is C21H24Cl2O2S. The third-order valence-corrected chi connectivity index (χ3v) is 4.98. The highest BCUT2D eigenvalue weighted by Crippen LogP contribution is 2.33. The predicted octanol–water partition coefficient (Wildman–Crippen LogP) is 7.28. The fourth-order valence-corrected chi connectivity index (χ4v) is 3.43. The number of aryl methyl sites for hydroxylation is 1. The largest absolute Gasteiger partial charge is 0.494 e. The molecule has 0 aliphatic rings. The fraction of sp³-hybridized carbons (Fsp3) is 0.333. The van der Waals surface area contributed by atoms with Gasteiger partial charge in [-0.05, 0) is 73.9 Å². The molecule has 0 atom stereocenters. The molecule has 0 spiro atoms. The maximum Gasteiger partial charge on any atom is 0.123 e. The Morgan fingerprint density at radius 2 is 1.73 bits per heavy atom. The minimum absolute atomic E-state index is 0.225. The smallest absolute Gasteiger partial charge is 0.123 e.